The Labute approximate surface area is 111 Å². The Kier molecular flexibility index (Phi) is 3.52. The summed E-state index contributed by atoms with van der Waals surface area (Å²) in [5.74, 6) is 0. The Morgan fingerprint density at radius 3 is 1.94 bits per heavy atom. The van der Waals surface area contributed by atoms with Gasteiger partial charge in [0.25, 0.3) is 0 Å². The van der Waals surface area contributed by atoms with Crippen LogP contribution in [0.4, 0.5) is 0 Å². The Hall–Kier alpha value is -0.860. The van der Waals surface area contributed by atoms with Crippen LogP contribution in [0.25, 0.3) is 0 Å². The van der Waals surface area contributed by atoms with Gasteiger partial charge in [-0.05, 0) is 22.0 Å². The minimum absolute atomic E-state index is 0.406. The molecule has 2 nitrogen and oxygen atoms in total. The van der Waals surface area contributed by atoms with Gasteiger partial charge in [-0.25, -0.2) is 0 Å². The topological polar surface area (TPSA) is 21.3 Å². The van der Waals surface area contributed by atoms with Gasteiger partial charge in [0.15, 0.2) is 0 Å². The van der Waals surface area contributed by atoms with Gasteiger partial charge < -0.3 is 10.1 Å². The number of benzene rings is 1. The Morgan fingerprint density at radius 2 is 1.50 bits per heavy atom. The average molecular weight is 247 g/mol. The summed E-state index contributed by atoms with van der Waals surface area (Å²) in [4.78, 5) is 0. The predicted octanol–water partition coefficient (Wildman–Crippen LogP) is 3.36. The van der Waals surface area contributed by atoms with E-state index in [1.165, 1.54) is 11.1 Å². The molecule has 0 heterocycles. The van der Waals surface area contributed by atoms with Crippen molar-refractivity contribution in [1.29, 1.82) is 0 Å². The van der Waals surface area contributed by atoms with Crippen LogP contribution in [0.2, 0.25) is 0 Å². The first-order valence-corrected chi connectivity index (χ1v) is 6.69. The second kappa shape index (κ2) is 4.67. The molecule has 0 aliphatic heterocycles. The summed E-state index contributed by atoms with van der Waals surface area (Å²) >= 11 is 0. The molecule has 18 heavy (non-hydrogen) atoms. The van der Waals surface area contributed by atoms with Gasteiger partial charge in [0.1, 0.15) is 0 Å². The van der Waals surface area contributed by atoms with Crippen LogP contribution in [0.3, 0.4) is 0 Å². The lowest BCUT2D eigenvalue weighted by Gasteiger charge is -2.07. The van der Waals surface area contributed by atoms with Gasteiger partial charge in [0.2, 0.25) is 0 Å². The van der Waals surface area contributed by atoms with Crippen LogP contribution in [-0.2, 0) is 17.9 Å². The SMILES string of the molecule is COCc1ccc(CNC2C(C)(C)C2(C)C)cc1. The molecule has 1 aliphatic carbocycles. The predicted molar refractivity (Wildman–Crippen MR) is 75.3 cm³/mol. The maximum absolute atomic E-state index is 5.11. The number of ether oxygens (including phenoxy) is 1. The Morgan fingerprint density at radius 1 is 1.00 bits per heavy atom. The highest BCUT2D eigenvalue weighted by Gasteiger charge is 2.64. The smallest absolute Gasteiger partial charge is 0.0713 e. The third-order valence-electron chi connectivity index (χ3n) is 4.87. The first-order valence-electron chi connectivity index (χ1n) is 6.69. The molecular formula is C16H25NO. The van der Waals surface area contributed by atoms with Crippen molar-refractivity contribution in [2.45, 2.75) is 46.9 Å². The zero-order valence-corrected chi connectivity index (χ0v) is 12.2. The molecule has 2 rings (SSSR count). The molecule has 1 N–H and O–H groups in total. The van der Waals surface area contributed by atoms with Crippen molar-refractivity contribution < 1.29 is 4.74 Å². The molecule has 0 radical (unpaired) electrons. The maximum atomic E-state index is 5.11. The van der Waals surface area contributed by atoms with E-state index in [2.05, 4.69) is 57.3 Å². The molecule has 100 valence electrons. The normalized spacial score (nSPS) is 20.9. The molecule has 1 aromatic carbocycles. The van der Waals surface area contributed by atoms with Crippen molar-refractivity contribution in [3.05, 3.63) is 35.4 Å². The second-order valence-electron chi connectivity index (χ2n) is 6.51. The lowest BCUT2D eigenvalue weighted by molar-refractivity contribution is 0.185. The summed E-state index contributed by atoms with van der Waals surface area (Å²) in [5, 5.41) is 3.67. The molecular weight excluding hydrogens is 222 g/mol. The molecule has 1 saturated carbocycles. The number of hydrogen-bond donors (Lipinski definition) is 1. The summed E-state index contributed by atoms with van der Waals surface area (Å²) in [6.07, 6.45) is 0. The van der Waals surface area contributed by atoms with Crippen molar-refractivity contribution >= 4 is 0 Å². The first kappa shape index (κ1) is 13.6. The molecule has 1 aliphatic rings. The molecule has 1 fully saturated rings. The van der Waals surface area contributed by atoms with Gasteiger partial charge in [-0.15, -0.1) is 0 Å². The maximum Gasteiger partial charge on any atom is 0.0713 e. The molecule has 2 heteroatoms. The highest BCUT2D eigenvalue weighted by molar-refractivity contribution is 5.23. The van der Waals surface area contributed by atoms with Crippen molar-refractivity contribution in [2.75, 3.05) is 7.11 Å². The van der Waals surface area contributed by atoms with Crippen LogP contribution >= 0.6 is 0 Å². The van der Waals surface area contributed by atoms with Crippen molar-refractivity contribution in [3.63, 3.8) is 0 Å². The fourth-order valence-corrected chi connectivity index (χ4v) is 2.85. The molecule has 0 atom stereocenters. The van der Waals surface area contributed by atoms with Gasteiger partial charge >= 0.3 is 0 Å². The summed E-state index contributed by atoms with van der Waals surface area (Å²) in [6.45, 7) is 11.0. The van der Waals surface area contributed by atoms with E-state index in [-0.39, 0.29) is 0 Å². The first-order chi connectivity index (χ1) is 8.39. The van der Waals surface area contributed by atoms with Crippen LogP contribution in [0.15, 0.2) is 24.3 Å². The van der Waals surface area contributed by atoms with Gasteiger partial charge in [0, 0.05) is 19.7 Å². The van der Waals surface area contributed by atoms with Crippen molar-refractivity contribution in [1.82, 2.24) is 5.32 Å². The largest absolute Gasteiger partial charge is 0.380 e. The fraction of sp³-hybridized carbons (Fsp3) is 0.625. The highest BCUT2D eigenvalue weighted by Crippen LogP contribution is 2.62. The van der Waals surface area contributed by atoms with E-state index in [9.17, 15) is 0 Å². The average Bonchev–Trinajstić information content (AvgIpc) is 2.69. The van der Waals surface area contributed by atoms with Crippen LogP contribution in [0.1, 0.15) is 38.8 Å². The molecule has 0 aromatic heterocycles. The third kappa shape index (κ3) is 2.32. The molecule has 0 bridgehead atoms. The minimum atomic E-state index is 0.406. The molecule has 0 saturated heterocycles. The molecule has 0 amide bonds. The minimum Gasteiger partial charge on any atom is -0.380 e. The van der Waals surface area contributed by atoms with Gasteiger partial charge in [-0.1, -0.05) is 52.0 Å². The van der Waals surface area contributed by atoms with E-state index < -0.39 is 0 Å². The van der Waals surface area contributed by atoms with Gasteiger partial charge in [0.05, 0.1) is 6.61 Å². The number of hydrogen-bond acceptors (Lipinski definition) is 2. The van der Waals surface area contributed by atoms with Crippen LogP contribution < -0.4 is 5.32 Å². The summed E-state index contributed by atoms with van der Waals surface area (Å²) in [6, 6.07) is 9.27. The Balaban J connectivity index is 1.88. The molecule has 0 spiro atoms. The summed E-state index contributed by atoms with van der Waals surface area (Å²) < 4.78 is 5.11. The van der Waals surface area contributed by atoms with Crippen molar-refractivity contribution in [3.8, 4) is 0 Å². The van der Waals surface area contributed by atoms with E-state index in [1.54, 1.807) is 7.11 Å². The van der Waals surface area contributed by atoms with Gasteiger partial charge in [-0.3, -0.25) is 0 Å². The van der Waals surface area contributed by atoms with E-state index in [4.69, 9.17) is 4.74 Å². The van der Waals surface area contributed by atoms with E-state index in [0.29, 0.717) is 23.5 Å². The van der Waals surface area contributed by atoms with Crippen molar-refractivity contribution in [2.24, 2.45) is 10.8 Å². The highest BCUT2D eigenvalue weighted by atomic mass is 16.5. The monoisotopic (exact) mass is 247 g/mol. The zero-order chi connectivity index (χ0) is 13.4. The molecule has 1 aromatic rings. The summed E-state index contributed by atoms with van der Waals surface area (Å²) in [7, 11) is 1.73. The molecule has 0 unspecified atom stereocenters. The zero-order valence-electron chi connectivity index (χ0n) is 12.2. The third-order valence-corrected chi connectivity index (χ3v) is 4.87. The fourth-order valence-electron chi connectivity index (χ4n) is 2.85. The van der Waals surface area contributed by atoms with E-state index in [0.717, 1.165) is 6.54 Å². The van der Waals surface area contributed by atoms with Crippen LogP contribution in [0.5, 0.6) is 0 Å². The Bertz CT molecular complexity index is 392. The lowest BCUT2D eigenvalue weighted by Crippen LogP contribution is -2.21. The van der Waals surface area contributed by atoms with Crippen LogP contribution in [0, 0.1) is 10.8 Å². The number of nitrogens with one attached hydrogen (secondary N) is 1. The van der Waals surface area contributed by atoms with E-state index in [1.807, 2.05) is 0 Å². The number of methoxy groups -OCH3 is 1. The van der Waals surface area contributed by atoms with Crippen LogP contribution in [-0.4, -0.2) is 13.2 Å². The van der Waals surface area contributed by atoms with Gasteiger partial charge in [-0.2, -0.15) is 0 Å². The quantitative estimate of drug-likeness (QED) is 0.861. The van der Waals surface area contributed by atoms with E-state index >= 15 is 0 Å². The summed E-state index contributed by atoms with van der Waals surface area (Å²) in [5.41, 5.74) is 3.38. The second-order valence-corrected chi connectivity index (χ2v) is 6.51. The number of rotatable bonds is 5. The standard InChI is InChI=1S/C16H25NO/c1-15(2)14(16(15,3)4)17-10-12-6-8-13(9-7-12)11-18-5/h6-9,14,17H,10-11H2,1-5H3. The lowest BCUT2D eigenvalue weighted by atomic mass is 10.0.